The van der Waals surface area contributed by atoms with Crippen molar-refractivity contribution in [2.45, 2.75) is 6.92 Å². The molecule has 0 spiro atoms. The molecule has 1 fully saturated rings. The lowest BCUT2D eigenvalue weighted by Gasteiger charge is -2.35. The van der Waals surface area contributed by atoms with Crippen LogP contribution in [0, 0.1) is 0 Å². The van der Waals surface area contributed by atoms with E-state index in [0.717, 1.165) is 24.5 Å². The molecule has 24 heavy (non-hydrogen) atoms. The molecule has 0 bridgehead atoms. The molecule has 0 saturated carbocycles. The van der Waals surface area contributed by atoms with E-state index in [2.05, 4.69) is 11.8 Å². The van der Waals surface area contributed by atoms with Gasteiger partial charge in [-0.1, -0.05) is 18.5 Å². The van der Waals surface area contributed by atoms with Crippen LogP contribution < -0.4 is 9.64 Å². The number of hydrogen-bond acceptors (Lipinski definition) is 5. The number of carbonyl (C=O) groups is 2. The van der Waals surface area contributed by atoms with Gasteiger partial charge in [0.2, 0.25) is 0 Å². The van der Waals surface area contributed by atoms with Crippen molar-refractivity contribution in [2.24, 2.45) is 0 Å². The van der Waals surface area contributed by atoms with Gasteiger partial charge in [0.15, 0.2) is 0 Å². The third-order valence-electron chi connectivity index (χ3n) is 4.47. The molecule has 3 rings (SSSR count). The number of hydrogen-bond donors (Lipinski definition) is 0. The summed E-state index contributed by atoms with van der Waals surface area (Å²) in [5, 5.41) is 0.000710. The van der Waals surface area contributed by atoms with Crippen molar-refractivity contribution < 1.29 is 14.3 Å². The number of anilines is 1. The van der Waals surface area contributed by atoms with E-state index in [1.165, 1.54) is 0 Å². The molecule has 1 saturated heterocycles. The molecule has 0 radical (unpaired) electrons. The van der Waals surface area contributed by atoms with Gasteiger partial charge in [-0.15, -0.1) is 0 Å². The van der Waals surface area contributed by atoms with Gasteiger partial charge < -0.3 is 14.5 Å². The summed E-state index contributed by atoms with van der Waals surface area (Å²) >= 11 is 6.22. The lowest BCUT2D eigenvalue weighted by atomic mass is 10.2. The summed E-state index contributed by atoms with van der Waals surface area (Å²) < 4.78 is 5.11. The predicted octanol–water partition coefficient (Wildman–Crippen LogP) is 1.66. The van der Waals surface area contributed by atoms with Crippen LogP contribution in [0.15, 0.2) is 35.0 Å². The number of amides is 2. The maximum absolute atomic E-state index is 12.8. The normalized spacial score (nSPS) is 19.5. The Morgan fingerprint density at radius 2 is 1.67 bits per heavy atom. The van der Waals surface area contributed by atoms with Crippen LogP contribution in [0.5, 0.6) is 5.75 Å². The lowest BCUT2D eigenvalue weighted by Crippen LogP contribution is -2.47. The monoisotopic (exact) mass is 349 g/mol. The fourth-order valence-electron chi connectivity index (χ4n) is 3.02. The van der Waals surface area contributed by atoms with Gasteiger partial charge >= 0.3 is 0 Å². The summed E-state index contributed by atoms with van der Waals surface area (Å²) in [4.78, 5) is 30.6. The van der Waals surface area contributed by atoms with Crippen LogP contribution in [-0.2, 0) is 9.59 Å². The summed E-state index contributed by atoms with van der Waals surface area (Å²) in [7, 11) is 1.56. The third kappa shape index (κ3) is 2.87. The van der Waals surface area contributed by atoms with Crippen molar-refractivity contribution in [1.82, 2.24) is 9.80 Å². The molecule has 2 aliphatic heterocycles. The van der Waals surface area contributed by atoms with Crippen LogP contribution in [0.25, 0.3) is 0 Å². The van der Waals surface area contributed by atoms with E-state index in [1.54, 1.807) is 31.4 Å². The van der Waals surface area contributed by atoms with Gasteiger partial charge in [-0.05, 0) is 30.8 Å². The first-order valence-corrected chi connectivity index (χ1v) is 8.34. The number of likely N-dealkylation sites (N-methyl/N-ethyl adjacent to an activating group) is 1. The summed E-state index contributed by atoms with van der Waals surface area (Å²) in [5.74, 6) is -0.173. The van der Waals surface area contributed by atoms with Crippen LogP contribution in [-0.4, -0.2) is 61.4 Å². The standard InChI is InChI=1S/C17H20ClN3O3/c1-3-19-8-10-20(11-9-19)15-14(18)16(22)21(17(15)23)12-4-6-13(24-2)7-5-12/h4-7H,3,8-11H2,1-2H3. The summed E-state index contributed by atoms with van der Waals surface area (Å²) in [6.07, 6.45) is 0. The molecular weight excluding hydrogens is 330 g/mol. The van der Waals surface area contributed by atoms with Crippen molar-refractivity contribution in [1.29, 1.82) is 0 Å². The average molecular weight is 350 g/mol. The molecule has 0 aromatic heterocycles. The van der Waals surface area contributed by atoms with Crippen molar-refractivity contribution in [2.75, 3.05) is 44.7 Å². The molecule has 7 heteroatoms. The minimum atomic E-state index is -0.472. The number of carbonyl (C=O) groups excluding carboxylic acids is 2. The largest absolute Gasteiger partial charge is 0.497 e. The SMILES string of the molecule is CCN1CCN(C2=C(Cl)C(=O)N(c3ccc(OC)cc3)C2=O)CC1. The first kappa shape index (κ1) is 16.8. The second-order valence-corrected chi connectivity index (χ2v) is 6.11. The minimum absolute atomic E-state index is 0.000710. The van der Waals surface area contributed by atoms with E-state index in [-0.39, 0.29) is 10.9 Å². The molecule has 2 amide bonds. The van der Waals surface area contributed by atoms with E-state index in [9.17, 15) is 9.59 Å². The van der Waals surface area contributed by atoms with Gasteiger partial charge in [0.25, 0.3) is 11.8 Å². The maximum Gasteiger partial charge on any atom is 0.283 e. The van der Waals surface area contributed by atoms with Crippen LogP contribution in [0.1, 0.15) is 6.92 Å². The zero-order valence-electron chi connectivity index (χ0n) is 13.8. The second-order valence-electron chi connectivity index (χ2n) is 5.73. The van der Waals surface area contributed by atoms with E-state index in [4.69, 9.17) is 16.3 Å². The smallest absolute Gasteiger partial charge is 0.283 e. The second kappa shape index (κ2) is 6.83. The van der Waals surface area contributed by atoms with Gasteiger partial charge in [0.05, 0.1) is 12.8 Å². The third-order valence-corrected chi connectivity index (χ3v) is 4.81. The van der Waals surface area contributed by atoms with Crippen LogP contribution in [0.4, 0.5) is 5.69 Å². The fraction of sp³-hybridized carbons (Fsp3) is 0.412. The first-order valence-electron chi connectivity index (χ1n) is 7.96. The molecule has 0 unspecified atom stereocenters. The topological polar surface area (TPSA) is 53.1 Å². The number of imide groups is 1. The molecule has 0 atom stereocenters. The summed E-state index contributed by atoms with van der Waals surface area (Å²) in [5.41, 5.74) is 0.805. The highest BCUT2D eigenvalue weighted by Crippen LogP contribution is 2.32. The molecule has 0 N–H and O–H groups in total. The first-order chi connectivity index (χ1) is 11.6. The van der Waals surface area contributed by atoms with E-state index in [1.807, 2.05) is 4.90 Å². The Balaban J connectivity index is 1.82. The van der Waals surface area contributed by atoms with Crippen molar-refractivity contribution in [3.63, 3.8) is 0 Å². The Kier molecular flexibility index (Phi) is 4.78. The molecule has 1 aromatic rings. The Morgan fingerprint density at radius 3 is 2.21 bits per heavy atom. The lowest BCUT2D eigenvalue weighted by molar-refractivity contribution is -0.121. The minimum Gasteiger partial charge on any atom is -0.497 e. The summed E-state index contributed by atoms with van der Waals surface area (Å²) in [6.45, 7) is 6.18. The van der Waals surface area contributed by atoms with E-state index >= 15 is 0 Å². The zero-order chi connectivity index (χ0) is 17.3. The van der Waals surface area contributed by atoms with Crippen LogP contribution >= 0.6 is 11.6 Å². The average Bonchev–Trinajstić information content (AvgIpc) is 2.84. The molecule has 6 nitrogen and oxygen atoms in total. The highest BCUT2D eigenvalue weighted by molar-refractivity contribution is 6.52. The zero-order valence-corrected chi connectivity index (χ0v) is 14.5. The fourth-order valence-corrected chi connectivity index (χ4v) is 3.30. The van der Waals surface area contributed by atoms with Crippen LogP contribution in [0.3, 0.4) is 0 Å². The number of halogens is 1. The molecular formula is C17H20ClN3O3. The van der Waals surface area contributed by atoms with Crippen molar-refractivity contribution in [3.8, 4) is 5.75 Å². The molecule has 128 valence electrons. The van der Waals surface area contributed by atoms with Gasteiger partial charge in [-0.25, -0.2) is 4.90 Å². The van der Waals surface area contributed by atoms with Crippen molar-refractivity contribution in [3.05, 3.63) is 35.0 Å². The number of benzene rings is 1. The van der Waals surface area contributed by atoms with Gasteiger partial charge in [-0.3, -0.25) is 9.59 Å². The summed E-state index contributed by atoms with van der Waals surface area (Å²) in [6, 6.07) is 6.77. The van der Waals surface area contributed by atoms with Crippen molar-refractivity contribution >= 4 is 29.1 Å². The Hall–Kier alpha value is -2.05. The number of ether oxygens (including phenoxy) is 1. The molecule has 1 aromatic carbocycles. The highest BCUT2D eigenvalue weighted by Gasteiger charge is 2.41. The van der Waals surface area contributed by atoms with E-state index in [0.29, 0.717) is 30.2 Å². The highest BCUT2D eigenvalue weighted by atomic mass is 35.5. The Bertz CT molecular complexity index is 679. The molecule has 2 heterocycles. The van der Waals surface area contributed by atoms with Gasteiger partial charge in [0.1, 0.15) is 16.5 Å². The molecule has 0 aliphatic carbocycles. The maximum atomic E-state index is 12.8. The number of rotatable bonds is 4. The van der Waals surface area contributed by atoms with Gasteiger partial charge in [-0.2, -0.15) is 0 Å². The van der Waals surface area contributed by atoms with E-state index < -0.39 is 5.91 Å². The molecule has 2 aliphatic rings. The predicted molar refractivity (Wildman–Crippen MR) is 92.1 cm³/mol. The Morgan fingerprint density at radius 1 is 1.04 bits per heavy atom. The number of piperazine rings is 1. The van der Waals surface area contributed by atoms with Crippen LogP contribution in [0.2, 0.25) is 0 Å². The number of nitrogens with zero attached hydrogens (tertiary/aromatic N) is 3. The Labute approximate surface area is 146 Å². The quantitative estimate of drug-likeness (QED) is 0.774. The number of methoxy groups -OCH3 is 1. The van der Waals surface area contributed by atoms with Gasteiger partial charge in [0, 0.05) is 26.2 Å².